The molecule has 0 aromatic heterocycles. The van der Waals surface area contributed by atoms with Crippen molar-refractivity contribution in [2.75, 3.05) is 19.5 Å². The Labute approximate surface area is 133 Å². The number of nitro benzene ring substituents is 1. The van der Waals surface area contributed by atoms with Crippen LogP contribution in [-0.2, 0) is 0 Å². The van der Waals surface area contributed by atoms with E-state index in [-0.39, 0.29) is 5.69 Å². The molecule has 0 aliphatic rings. The summed E-state index contributed by atoms with van der Waals surface area (Å²) in [6.07, 6.45) is 0. The summed E-state index contributed by atoms with van der Waals surface area (Å²) < 4.78 is 10.2. The summed E-state index contributed by atoms with van der Waals surface area (Å²) in [5.41, 5.74) is 1.14. The van der Waals surface area contributed by atoms with E-state index < -0.39 is 10.8 Å². The quantitative estimate of drug-likeness (QED) is 0.676. The minimum Gasteiger partial charge on any atom is -0.497 e. The summed E-state index contributed by atoms with van der Waals surface area (Å²) in [5, 5.41) is 13.6. The molecule has 23 heavy (non-hydrogen) atoms. The SMILES string of the molecule is COc1cc(OC)cc(C(=O)Nc2ccc(C)c([N+](=O)[O-])c2)c1. The Morgan fingerprint density at radius 1 is 1.09 bits per heavy atom. The molecule has 7 nitrogen and oxygen atoms in total. The Bertz CT molecular complexity index is 736. The molecule has 0 saturated carbocycles. The number of nitro groups is 1. The highest BCUT2D eigenvalue weighted by Crippen LogP contribution is 2.25. The van der Waals surface area contributed by atoms with E-state index >= 15 is 0 Å². The van der Waals surface area contributed by atoms with Gasteiger partial charge >= 0.3 is 0 Å². The van der Waals surface area contributed by atoms with Crippen molar-refractivity contribution in [3.63, 3.8) is 0 Å². The van der Waals surface area contributed by atoms with Crippen LogP contribution in [0.3, 0.4) is 0 Å². The van der Waals surface area contributed by atoms with E-state index in [4.69, 9.17) is 9.47 Å². The highest BCUT2D eigenvalue weighted by atomic mass is 16.6. The topological polar surface area (TPSA) is 90.7 Å². The first kappa shape index (κ1) is 16.3. The number of carbonyl (C=O) groups is 1. The maximum absolute atomic E-state index is 12.3. The number of ether oxygens (including phenoxy) is 2. The Hall–Kier alpha value is -3.09. The predicted octanol–water partition coefficient (Wildman–Crippen LogP) is 3.17. The van der Waals surface area contributed by atoms with Crippen LogP contribution in [0.2, 0.25) is 0 Å². The third kappa shape index (κ3) is 3.76. The van der Waals surface area contributed by atoms with E-state index in [0.29, 0.717) is 28.3 Å². The fraction of sp³-hybridized carbons (Fsp3) is 0.188. The van der Waals surface area contributed by atoms with Crippen molar-refractivity contribution < 1.29 is 19.2 Å². The van der Waals surface area contributed by atoms with Gasteiger partial charge in [0.2, 0.25) is 0 Å². The molecule has 0 radical (unpaired) electrons. The van der Waals surface area contributed by atoms with E-state index in [1.54, 1.807) is 37.3 Å². The monoisotopic (exact) mass is 316 g/mol. The second-order valence-corrected chi connectivity index (χ2v) is 4.81. The lowest BCUT2D eigenvalue weighted by molar-refractivity contribution is -0.385. The van der Waals surface area contributed by atoms with Crippen LogP contribution in [0.1, 0.15) is 15.9 Å². The smallest absolute Gasteiger partial charge is 0.274 e. The normalized spacial score (nSPS) is 10.0. The Morgan fingerprint density at radius 2 is 1.70 bits per heavy atom. The Kier molecular flexibility index (Phi) is 4.80. The lowest BCUT2D eigenvalue weighted by Crippen LogP contribution is -2.12. The molecular weight excluding hydrogens is 300 g/mol. The van der Waals surface area contributed by atoms with Gasteiger partial charge in [0.1, 0.15) is 11.5 Å². The summed E-state index contributed by atoms with van der Waals surface area (Å²) >= 11 is 0. The molecule has 0 aliphatic heterocycles. The van der Waals surface area contributed by atoms with Gasteiger partial charge in [0, 0.05) is 28.9 Å². The van der Waals surface area contributed by atoms with Gasteiger partial charge in [0.05, 0.1) is 19.1 Å². The maximum atomic E-state index is 12.3. The third-order valence-corrected chi connectivity index (χ3v) is 3.28. The number of amides is 1. The number of carbonyl (C=O) groups excluding carboxylic acids is 1. The van der Waals surface area contributed by atoms with Gasteiger partial charge in [-0.25, -0.2) is 0 Å². The van der Waals surface area contributed by atoms with Gasteiger partial charge in [-0.2, -0.15) is 0 Å². The van der Waals surface area contributed by atoms with Crippen molar-refractivity contribution >= 4 is 17.3 Å². The molecule has 2 rings (SSSR count). The van der Waals surface area contributed by atoms with E-state index in [2.05, 4.69) is 5.32 Å². The molecule has 0 bridgehead atoms. The first-order chi connectivity index (χ1) is 10.9. The molecule has 0 unspecified atom stereocenters. The molecule has 0 fully saturated rings. The molecule has 2 aromatic rings. The average molecular weight is 316 g/mol. The van der Waals surface area contributed by atoms with Crippen LogP contribution < -0.4 is 14.8 Å². The van der Waals surface area contributed by atoms with Crippen molar-refractivity contribution in [1.29, 1.82) is 0 Å². The molecular formula is C16H16N2O5. The van der Waals surface area contributed by atoms with Gasteiger partial charge in [-0.1, -0.05) is 6.07 Å². The number of methoxy groups -OCH3 is 2. The molecule has 0 saturated heterocycles. The van der Waals surface area contributed by atoms with Crippen LogP contribution in [0.4, 0.5) is 11.4 Å². The highest BCUT2D eigenvalue weighted by Gasteiger charge is 2.14. The number of benzene rings is 2. The molecule has 120 valence electrons. The van der Waals surface area contributed by atoms with Crippen LogP contribution in [0, 0.1) is 17.0 Å². The fourth-order valence-electron chi connectivity index (χ4n) is 2.03. The largest absolute Gasteiger partial charge is 0.497 e. The second-order valence-electron chi connectivity index (χ2n) is 4.81. The Balaban J connectivity index is 2.29. The minimum absolute atomic E-state index is 0.0500. The van der Waals surface area contributed by atoms with E-state index in [9.17, 15) is 14.9 Å². The molecule has 1 amide bonds. The minimum atomic E-state index is -0.487. The van der Waals surface area contributed by atoms with Crippen LogP contribution in [0.5, 0.6) is 11.5 Å². The summed E-state index contributed by atoms with van der Waals surface area (Å²) in [6.45, 7) is 1.64. The van der Waals surface area contributed by atoms with Gasteiger partial charge in [0.15, 0.2) is 0 Å². The number of hydrogen-bond acceptors (Lipinski definition) is 5. The lowest BCUT2D eigenvalue weighted by Gasteiger charge is -2.09. The van der Waals surface area contributed by atoms with Crippen molar-refractivity contribution in [1.82, 2.24) is 0 Å². The first-order valence-electron chi connectivity index (χ1n) is 6.74. The van der Waals surface area contributed by atoms with Gasteiger partial charge in [-0.05, 0) is 25.1 Å². The number of nitrogens with zero attached hydrogens (tertiary/aromatic N) is 1. The standard InChI is InChI=1S/C16H16N2O5/c1-10-4-5-12(8-15(10)18(20)21)17-16(19)11-6-13(22-2)9-14(7-11)23-3/h4-9H,1-3H3,(H,17,19). The number of hydrogen-bond donors (Lipinski definition) is 1. The van der Waals surface area contributed by atoms with Crippen LogP contribution in [0.15, 0.2) is 36.4 Å². The van der Waals surface area contributed by atoms with Gasteiger partial charge in [-0.15, -0.1) is 0 Å². The van der Waals surface area contributed by atoms with E-state index in [1.165, 1.54) is 20.3 Å². The van der Waals surface area contributed by atoms with Gasteiger partial charge in [-0.3, -0.25) is 14.9 Å². The maximum Gasteiger partial charge on any atom is 0.274 e. The van der Waals surface area contributed by atoms with E-state index in [0.717, 1.165) is 0 Å². The van der Waals surface area contributed by atoms with Crippen molar-refractivity contribution in [2.24, 2.45) is 0 Å². The summed E-state index contributed by atoms with van der Waals surface area (Å²) in [5.74, 6) is 0.536. The number of rotatable bonds is 5. The second kappa shape index (κ2) is 6.78. The number of nitrogens with one attached hydrogen (secondary N) is 1. The van der Waals surface area contributed by atoms with Crippen LogP contribution in [-0.4, -0.2) is 25.1 Å². The van der Waals surface area contributed by atoms with E-state index in [1.807, 2.05) is 0 Å². The zero-order valence-corrected chi connectivity index (χ0v) is 13.0. The molecule has 2 aromatic carbocycles. The zero-order valence-electron chi connectivity index (χ0n) is 13.0. The van der Waals surface area contributed by atoms with Crippen molar-refractivity contribution in [3.05, 3.63) is 57.6 Å². The fourth-order valence-corrected chi connectivity index (χ4v) is 2.03. The molecule has 0 atom stereocenters. The Morgan fingerprint density at radius 3 is 2.22 bits per heavy atom. The lowest BCUT2D eigenvalue weighted by atomic mass is 10.1. The zero-order chi connectivity index (χ0) is 17.0. The van der Waals surface area contributed by atoms with Crippen LogP contribution in [0.25, 0.3) is 0 Å². The average Bonchev–Trinajstić information content (AvgIpc) is 2.55. The summed E-state index contributed by atoms with van der Waals surface area (Å²) in [4.78, 5) is 22.8. The predicted molar refractivity (Wildman–Crippen MR) is 85.3 cm³/mol. The molecule has 1 N–H and O–H groups in total. The number of aryl methyl sites for hydroxylation is 1. The number of anilines is 1. The van der Waals surface area contributed by atoms with Crippen molar-refractivity contribution in [2.45, 2.75) is 6.92 Å². The molecule has 0 spiro atoms. The molecule has 7 heteroatoms. The molecule has 0 heterocycles. The summed E-state index contributed by atoms with van der Waals surface area (Å²) in [7, 11) is 2.97. The third-order valence-electron chi connectivity index (χ3n) is 3.28. The molecule has 0 aliphatic carbocycles. The van der Waals surface area contributed by atoms with Gasteiger partial charge < -0.3 is 14.8 Å². The highest BCUT2D eigenvalue weighted by molar-refractivity contribution is 6.05. The first-order valence-corrected chi connectivity index (χ1v) is 6.74. The summed E-state index contributed by atoms with van der Waals surface area (Å²) in [6, 6.07) is 9.27. The van der Waals surface area contributed by atoms with Crippen LogP contribution >= 0.6 is 0 Å². The van der Waals surface area contributed by atoms with Crippen molar-refractivity contribution in [3.8, 4) is 11.5 Å². The van der Waals surface area contributed by atoms with Gasteiger partial charge in [0.25, 0.3) is 11.6 Å².